The molecule has 3 aromatic carbocycles. The monoisotopic (exact) mass is 542 g/mol. The van der Waals surface area contributed by atoms with Crippen LogP contribution in [0.15, 0.2) is 60.7 Å². The fourth-order valence-corrected chi connectivity index (χ4v) is 4.93. The lowest BCUT2D eigenvalue weighted by molar-refractivity contribution is 0.0326. The van der Waals surface area contributed by atoms with Crippen LogP contribution >= 0.6 is 23.2 Å². The minimum absolute atomic E-state index is 0.0330. The zero-order valence-electron chi connectivity index (χ0n) is 19.7. The van der Waals surface area contributed by atoms with Gasteiger partial charge in [0.1, 0.15) is 23.4 Å². The van der Waals surface area contributed by atoms with Crippen molar-refractivity contribution in [1.82, 2.24) is 5.32 Å². The number of hydrogen-bond donors (Lipinski definition) is 2. The Bertz CT molecular complexity index is 1320. The first-order valence-electron chi connectivity index (χ1n) is 11.8. The van der Waals surface area contributed by atoms with Gasteiger partial charge < -0.3 is 29.5 Å². The summed E-state index contributed by atoms with van der Waals surface area (Å²) in [6.07, 6.45) is -0.761. The van der Waals surface area contributed by atoms with Crippen LogP contribution in [0.1, 0.15) is 34.9 Å². The third kappa shape index (κ3) is 5.87. The molecule has 1 fully saturated rings. The van der Waals surface area contributed by atoms with Gasteiger partial charge in [-0.2, -0.15) is 0 Å². The van der Waals surface area contributed by atoms with E-state index < -0.39 is 12.3 Å². The number of carbonyl (C=O) groups is 2. The molecular formula is C27H24Cl2N2O6. The van der Waals surface area contributed by atoms with Gasteiger partial charge in [0.15, 0.2) is 0 Å². The lowest BCUT2D eigenvalue weighted by Crippen LogP contribution is -2.37. The molecule has 1 saturated heterocycles. The molecule has 0 aliphatic carbocycles. The number of fused-ring (bicyclic) bond motifs is 1. The van der Waals surface area contributed by atoms with E-state index in [4.69, 9.17) is 42.5 Å². The largest absolute Gasteiger partial charge is 0.506 e. The van der Waals surface area contributed by atoms with Gasteiger partial charge in [0.25, 0.3) is 5.91 Å². The van der Waals surface area contributed by atoms with Crippen LogP contribution in [0.3, 0.4) is 0 Å². The van der Waals surface area contributed by atoms with Crippen LogP contribution in [0.4, 0.5) is 10.5 Å². The van der Waals surface area contributed by atoms with E-state index in [1.807, 2.05) is 24.3 Å². The van der Waals surface area contributed by atoms with Gasteiger partial charge in [0.05, 0.1) is 11.6 Å². The second kappa shape index (κ2) is 10.8. The van der Waals surface area contributed by atoms with Gasteiger partial charge in [-0.15, -0.1) is 0 Å². The van der Waals surface area contributed by atoms with E-state index in [-0.39, 0.29) is 17.0 Å². The molecule has 2 heterocycles. The van der Waals surface area contributed by atoms with Crippen molar-refractivity contribution in [3.63, 3.8) is 0 Å². The fourth-order valence-electron chi connectivity index (χ4n) is 4.54. The van der Waals surface area contributed by atoms with Crippen LogP contribution < -0.4 is 19.7 Å². The van der Waals surface area contributed by atoms with Gasteiger partial charge >= 0.3 is 6.16 Å². The van der Waals surface area contributed by atoms with Crippen molar-refractivity contribution in [2.24, 2.45) is 0 Å². The Morgan fingerprint density at radius 2 is 1.86 bits per heavy atom. The molecule has 2 atom stereocenters. The van der Waals surface area contributed by atoms with Crippen molar-refractivity contribution in [3.8, 4) is 17.2 Å². The van der Waals surface area contributed by atoms with E-state index in [0.29, 0.717) is 53.0 Å². The van der Waals surface area contributed by atoms with Crippen LogP contribution in [0.5, 0.6) is 17.2 Å². The summed E-state index contributed by atoms with van der Waals surface area (Å²) >= 11 is 12.5. The Morgan fingerprint density at radius 1 is 1.05 bits per heavy atom. The molecule has 2 N–H and O–H groups in total. The Labute approximate surface area is 223 Å². The van der Waals surface area contributed by atoms with E-state index in [1.165, 1.54) is 0 Å². The summed E-state index contributed by atoms with van der Waals surface area (Å²) in [6, 6.07) is 17.7. The number of nitrogens with zero attached hydrogens (tertiary/aromatic N) is 1. The summed E-state index contributed by atoms with van der Waals surface area (Å²) in [7, 11) is 0. The maximum atomic E-state index is 12.8. The Balaban J connectivity index is 1.21. The molecule has 5 rings (SSSR count). The zero-order valence-corrected chi connectivity index (χ0v) is 21.2. The lowest BCUT2D eigenvalue weighted by Gasteiger charge is -2.25. The van der Waals surface area contributed by atoms with Gasteiger partial charge in [0.2, 0.25) is 0 Å². The molecule has 2 aliphatic rings. The number of anilines is 1. The van der Waals surface area contributed by atoms with Crippen LogP contribution in [-0.4, -0.2) is 42.9 Å². The molecule has 8 nitrogen and oxygen atoms in total. The molecule has 2 unspecified atom stereocenters. The lowest BCUT2D eigenvalue weighted by atomic mass is 10.0. The number of rotatable bonds is 6. The first kappa shape index (κ1) is 25.0. The quantitative estimate of drug-likeness (QED) is 0.352. The molecule has 3 aromatic rings. The smallest absolute Gasteiger partial charge is 0.493 e. The number of ether oxygens (including phenoxy) is 3. The average molecular weight is 543 g/mol. The van der Waals surface area contributed by atoms with Gasteiger partial charge in [-0.3, -0.25) is 4.79 Å². The van der Waals surface area contributed by atoms with Crippen molar-refractivity contribution in [2.75, 3.05) is 24.6 Å². The van der Waals surface area contributed by atoms with E-state index in [2.05, 4.69) is 10.2 Å². The van der Waals surface area contributed by atoms with Crippen molar-refractivity contribution >= 4 is 41.0 Å². The minimum Gasteiger partial charge on any atom is -0.493 e. The predicted molar refractivity (Wildman–Crippen MR) is 139 cm³/mol. The number of carbonyl (C=O) groups excluding carboxylic acids is 1. The van der Waals surface area contributed by atoms with Crippen molar-refractivity contribution in [2.45, 2.75) is 25.0 Å². The Morgan fingerprint density at radius 3 is 2.62 bits per heavy atom. The molecule has 0 radical (unpaired) electrons. The topological polar surface area (TPSA) is 97.3 Å². The first-order valence-corrected chi connectivity index (χ1v) is 12.6. The maximum absolute atomic E-state index is 12.8. The number of nitrogens with one attached hydrogen (secondary N) is 1. The highest BCUT2D eigenvalue weighted by molar-refractivity contribution is 6.32. The number of halogens is 2. The van der Waals surface area contributed by atoms with E-state index in [9.17, 15) is 9.59 Å². The Hall–Kier alpha value is -3.62. The molecule has 0 aromatic heterocycles. The molecule has 192 valence electrons. The number of amides is 1. The summed E-state index contributed by atoms with van der Waals surface area (Å²) < 4.78 is 16.5. The number of carboxylic acid groups (broad SMARTS) is 1. The molecule has 2 aliphatic heterocycles. The zero-order chi connectivity index (χ0) is 25.9. The van der Waals surface area contributed by atoms with Gasteiger partial charge in [0, 0.05) is 53.5 Å². The van der Waals surface area contributed by atoms with E-state index in [1.54, 1.807) is 36.4 Å². The van der Waals surface area contributed by atoms with Crippen LogP contribution in [0.25, 0.3) is 0 Å². The summed E-state index contributed by atoms with van der Waals surface area (Å²) in [6.45, 7) is 1.87. The van der Waals surface area contributed by atoms with Crippen molar-refractivity contribution in [1.29, 1.82) is 0 Å². The highest BCUT2D eigenvalue weighted by atomic mass is 35.5. The highest BCUT2D eigenvalue weighted by Gasteiger charge is 2.27. The van der Waals surface area contributed by atoms with Crippen LogP contribution in [-0.2, 0) is 4.74 Å². The predicted octanol–water partition coefficient (Wildman–Crippen LogP) is 6.31. The van der Waals surface area contributed by atoms with Gasteiger partial charge in [-0.25, -0.2) is 4.79 Å². The molecule has 37 heavy (non-hydrogen) atoms. The van der Waals surface area contributed by atoms with Crippen molar-refractivity contribution < 1.29 is 28.9 Å². The minimum atomic E-state index is -1.36. The first-order chi connectivity index (χ1) is 17.9. The second-order valence-electron chi connectivity index (χ2n) is 8.84. The molecule has 10 heteroatoms. The van der Waals surface area contributed by atoms with E-state index >= 15 is 0 Å². The van der Waals surface area contributed by atoms with Crippen LogP contribution in [0.2, 0.25) is 10.0 Å². The normalized spacial score (nSPS) is 18.5. The number of benzene rings is 3. The SMILES string of the molecule is O=C(O)OC1CCOc2cc(Oc3ccc(C(=O)NC4CCN(c5cccc(Cl)c5)C4)cc3)c(Cl)cc21. The number of hydrogen-bond acceptors (Lipinski definition) is 6. The van der Waals surface area contributed by atoms with Crippen LogP contribution in [0, 0.1) is 0 Å². The van der Waals surface area contributed by atoms with Gasteiger partial charge in [-0.1, -0.05) is 29.3 Å². The highest BCUT2D eigenvalue weighted by Crippen LogP contribution is 2.42. The second-order valence-corrected chi connectivity index (χ2v) is 9.69. The summed E-state index contributed by atoms with van der Waals surface area (Å²) in [4.78, 5) is 26.0. The molecule has 0 bridgehead atoms. The standard InChI is InChI=1S/C27H24Cl2N2O6/c28-17-2-1-3-19(12-17)31-10-8-18(15-31)30-26(32)16-4-6-20(7-5-16)36-25-14-24-21(13-22(25)29)23(9-11-35-24)37-27(33)34/h1-7,12-14,18,23H,8-11,15H2,(H,30,32)(H,33,34). The maximum Gasteiger partial charge on any atom is 0.506 e. The van der Waals surface area contributed by atoms with E-state index in [0.717, 1.165) is 18.7 Å². The fraction of sp³-hybridized carbons (Fsp3) is 0.259. The summed E-state index contributed by atoms with van der Waals surface area (Å²) in [5, 5.41) is 13.0. The third-order valence-corrected chi connectivity index (χ3v) is 6.86. The van der Waals surface area contributed by atoms with Crippen molar-refractivity contribution in [3.05, 3.63) is 81.8 Å². The Kier molecular flexibility index (Phi) is 7.30. The summed E-state index contributed by atoms with van der Waals surface area (Å²) in [5.74, 6) is 1.13. The summed E-state index contributed by atoms with van der Waals surface area (Å²) in [5.41, 5.74) is 2.11. The molecule has 0 saturated carbocycles. The molecular weight excluding hydrogens is 519 g/mol. The van der Waals surface area contributed by atoms with Gasteiger partial charge in [-0.05, 0) is 55.0 Å². The molecule has 1 amide bonds. The third-order valence-electron chi connectivity index (χ3n) is 6.33. The average Bonchev–Trinajstić information content (AvgIpc) is 3.34. The molecule has 0 spiro atoms.